The lowest BCUT2D eigenvalue weighted by molar-refractivity contribution is -0.385. The summed E-state index contributed by atoms with van der Waals surface area (Å²) in [4.78, 5) is 19.2. The van der Waals surface area contributed by atoms with Gasteiger partial charge in [0.05, 0.1) is 10.6 Å². The van der Waals surface area contributed by atoms with Crippen molar-refractivity contribution in [1.29, 1.82) is 0 Å². The van der Waals surface area contributed by atoms with Crippen LogP contribution >= 0.6 is 0 Å². The largest absolute Gasteiger partial charge is 0.390 e. The number of rotatable bonds is 9. The second-order valence-corrected chi connectivity index (χ2v) is 9.25. The first-order valence-corrected chi connectivity index (χ1v) is 12.0. The quantitative estimate of drug-likeness (QED) is 0.370. The van der Waals surface area contributed by atoms with Crippen molar-refractivity contribution < 1.29 is 14.2 Å². The van der Waals surface area contributed by atoms with E-state index in [1.807, 2.05) is 18.2 Å². The smallest absolute Gasteiger partial charge is 0.272 e. The van der Waals surface area contributed by atoms with Crippen molar-refractivity contribution in [2.45, 2.75) is 58.0 Å². The Balaban J connectivity index is 1.27. The van der Waals surface area contributed by atoms with E-state index < -0.39 is 0 Å². The van der Waals surface area contributed by atoms with Crippen LogP contribution in [0.4, 0.5) is 10.1 Å². The minimum atomic E-state index is -0.301. The van der Waals surface area contributed by atoms with E-state index in [-0.39, 0.29) is 22.5 Å². The Bertz CT molecular complexity index is 985. The Morgan fingerprint density at radius 2 is 1.94 bits per heavy atom. The molecule has 6 nitrogen and oxygen atoms in total. The lowest BCUT2D eigenvalue weighted by Gasteiger charge is -2.33. The molecule has 33 heavy (non-hydrogen) atoms. The first kappa shape index (κ1) is 23.4. The minimum Gasteiger partial charge on any atom is -0.390 e. The van der Waals surface area contributed by atoms with Gasteiger partial charge in [0.25, 0.3) is 5.69 Å². The average Bonchev–Trinajstić information content (AvgIpc) is 3.28. The van der Waals surface area contributed by atoms with E-state index in [0.717, 1.165) is 75.0 Å². The molecule has 0 aromatic heterocycles. The zero-order valence-electron chi connectivity index (χ0n) is 19.2. The van der Waals surface area contributed by atoms with E-state index in [9.17, 15) is 14.5 Å². The standard InChI is InChI=1S/C26H32FN3O3/c1-2-3-4-22-16-21(7-10-26(22)30(31)32)25-17-24(33-28-25)18-29-13-11-20(12-14-29)15-19-5-8-23(27)9-6-19/h5-10,16,20,24H,2-4,11-15,17-18H2,1H3. The molecule has 0 spiro atoms. The maximum atomic E-state index is 13.1. The maximum Gasteiger partial charge on any atom is 0.272 e. The SMILES string of the molecule is CCCCc1cc(C2=NOC(CN3CCC(Cc4ccc(F)cc4)CC3)C2)ccc1[N+](=O)[O-]. The van der Waals surface area contributed by atoms with E-state index in [1.54, 1.807) is 12.1 Å². The van der Waals surface area contributed by atoms with Crippen LogP contribution in [0.5, 0.6) is 0 Å². The van der Waals surface area contributed by atoms with E-state index >= 15 is 0 Å². The number of hydrogen-bond donors (Lipinski definition) is 0. The number of unbranched alkanes of at least 4 members (excludes halogenated alkanes) is 1. The van der Waals surface area contributed by atoms with Crippen molar-refractivity contribution in [3.8, 4) is 0 Å². The number of nitrogens with zero attached hydrogens (tertiary/aromatic N) is 3. The lowest BCUT2D eigenvalue weighted by atomic mass is 9.90. The van der Waals surface area contributed by atoms with Gasteiger partial charge >= 0.3 is 0 Å². The molecule has 1 atom stereocenters. The van der Waals surface area contributed by atoms with Crippen molar-refractivity contribution >= 4 is 11.4 Å². The van der Waals surface area contributed by atoms with Gasteiger partial charge in [-0.25, -0.2) is 4.39 Å². The monoisotopic (exact) mass is 453 g/mol. The fourth-order valence-corrected chi connectivity index (χ4v) is 4.82. The number of piperidine rings is 1. The van der Waals surface area contributed by atoms with Gasteiger partial charge < -0.3 is 4.84 Å². The minimum absolute atomic E-state index is 0.0166. The van der Waals surface area contributed by atoms with Crippen molar-refractivity contribution in [3.63, 3.8) is 0 Å². The predicted molar refractivity (Wildman–Crippen MR) is 127 cm³/mol. The van der Waals surface area contributed by atoms with Crippen molar-refractivity contribution in [3.05, 3.63) is 75.1 Å². The third kappa shape index (κ3) is 6.16. The number of halogens is 1. The molecule has 1 saturated heterocycles. The second kappa shape index (κ2) is 10.9. The first-order valence-electron chi connectivity index (χ1n) is 12.0. The summed E-state index contributed by atoms with van der Waals surface area (Å²) in [5.41, 5.74) is 3.96. The maximum absolute atomic E-state index is 13.1. The molecule has 2 aromatic rings. The van der Waals surface area contributed by atoms with Crippen LogP contribution in [0.1, 0.15) is 55.7 Å². The van der Waals surface area contributed by atoms with Gasteiger partial charge in [0.2, 0.25) is 0 Å². The zero-order chi connectivity index (χ0) is 23.2. The molecule has 1 fully saturated rings. The molecule has 0 amide bonds. The molecule has 0 bridgehead atoms. The number of likely N-dealkylation sites (tertiary alicyclic amines) is 1. The molecule has 1 unspecified atom stereocenters. The molecular weight excluding hydrogens is 421 g/mol. The Morgan fingerprint density at radius 1 is 1.18 bits per heavy atom. The molecule has 0 saturated carbocycles. The third-order valence-corrected chi connectivity index (χ3v) is 6.75. The van der Waals surface area contributed by atoms with Gasteiger partial charge in [-0.05, 0) is 80.9 Å². The summed E-state index contributed by atoms with van der Waals surface area (Å²) in [5.74, 6) is 0.447. The summed E-state index contributed by atoms with van der Waals surface area (Å²) in [7, 11) is 0. The van der Waals surface area contributed by atoms with Crippen LogP contribution in [0.15, 0.2) is 47.6 Å². The van der Waals surface area contributed by atoms with Gasteiger partial charge in [0.15, 0.2) is 0 Å². The molecule has 176 valence electrons. The number of nitro groups is 1. The fourth-order valence-electron chi connectivity index (χ4n) is 4.82. The summed E-state index contributed by atoms with van der Waals surface area (Å²) in [6.45, 7) is 4.98. The molecule has 0 N–H and O–H groups in total. The van der Waals surface area contributed by atoms with Crippen LogP contribution in [-0.2, 0) is 17.7 Å². The first-order chi connectivity index (χ1) is 16.0. The van der Waals surface area contributed by atoms with Gasteiger partial charge in [-0.15, -0.1) is 0 Å². The van der Waals surface area contributed by atoms with E-state index in [0.29, 0.717) is 12.3 Å². The van der Waals surface area contributed by atoms with Gasteiger partial charge in [0, 0.05) is 30.2 Å². The van der Waals surface area contributed by atoms with Crippen LogP contribution in [-0.4, -0.2) is 41.3 Å². The van der Waals surface area contributed by atoms with E-state index in [2.05, 4.69) is 17.0 Å². The summed E-state index contributed by atoms with van der Waals surface area (Å²) < 4.78 is 13.1. The third-order valence-electron chi connectivity index (χ3n) is 6.75. The van der Waals surface area contributed by atoms with Crippen molar-refractivity contribution in [2.24, 2.45) is 11.1 Å². The average molecular weight is 454 g/mol. The highest BCUT2D eigenvalue weighted by Gasteiger charge is 2.28. The number of hydrogen-bond acceptors (Lipinski definition) is 5. The van der Waals surface area contributed by atoms with Crippen LogP contribution in [0.3, 0.4) is 0 Å². The molecular formula is C26H32FN3O3. The molecule has 2 aliphatic rings. The summed E-state index contributed by atoms with van der Waals surface area (Å²) in [6, 6.07) is 12.2. The van der Waals surface area contributed by atoms with Gasteiger partial charge in [0.1, 0.15) is 11.9 Å². The second-order valence-electron chi connectivity index (χ2n) is 9.25. The Morgan fingerprint density at radius 3 is 2.64 bits per heavy atom. The molecule has 0 radical (unpaired) electrons. The summed E-state index contributed by atoms with van der Waals surface area (Å²) >= 11 is 0. The summed E-state index contributed by atoms with van der Waals surface area (Å²) in [6.07, 6.45) is 6.61. The van der Waals surface area contributed by atoms with Crippen LogP contribution in [0, 0.1) is 21.8 Å². The lowest BCUT2D eigenvalue weighted by Crippen LogP contribution is -2.39. The van der Waals surface area contributed by atoms with E-state index in [4.69, 9.17) is 4.84 Å². The van der Waals surface area contributed by atoms with Crippen LogP contribution in [0.2, 0.25) is 0 Å². The van der Waals surface area contributed by atoms with Crippen LogP contribution < -0.4 is 0 Å². The topological polar surface area (TPSA) is 68.0 Å². The Kier molecular flexibility index (Phi) is 7.70. The van der Waals surface area contributed by atoms with Gasteiger partial charge in [-0.3, -0.25) is 15.0 Å². The van der Waals surface area contributed by atoms with Crippen LogP contribution in [0.25, 0.3) is 0 Å². The zero-order valence-corrected chi connectivity index (χ0v) is 19.2. The number of benzene rings is 2. The molecule has 2 aromatic carbocycles. The molecule has 4 rings (SSSR count). The van der Waals surface area contributed by atoms with Gasteiger partial charge in [-0.1, -0.05) is 30.6 Å². The number of aryl methyl sites for hydroxylation is 1. The van der Waals surface area contributed by atoms with Crippen molar-refractivity contribution in [2.75, 3.05) is 19.6 Å². The molecule has 2 heterocycles. The molecule has 7 heteroatoms. The van der Waals surface area contributed by atoms with Crippen molar-refractivity contribution in [1.82, 2.24) is 4.90 Å². The van der Waals surface area contributed by atoms with E-state index in [1.165, 1.54) is 17.7 Å². The summed E-state index contributed by atoms with van der Waals surface area (Å²) in [5, 5.41) is 15.7. The highest BCUT2D eigenvalue weighted by atomic mass is 19.1. The normalized spacial score (nSPS) is 19.3. The fraction of sp³-hybridized carbons (Fsp3) is 0.500. The van der Waals surface area contributed by atoms with Gasteiger partial charge in [-0.2, -0.15) is 0 Å². The predicted octanol–water partition coefficient (Wildman–Crippen LogP) is 5.52. The Labute approximate surface area is 194 Å². The Hall–Kier alpha value is -2.80. The highest BCUT2D eigenvalue weighted by molar-refractivity contribution is 6.01. The highest BCUT2D eigenvalue weighted by Crippen LogP contribution is 2.27. The molecule has 0 aliphatic carbocycles. The molecule has 2 aliphatic heterocycles. The number of oxime groups is 1. The number of nitro benzene ring substituents is 1.